The standard InChI is InChI=1S/C9H10FNO2/c1-2-7(9(12)13)6-3-4-11-8(10)5-6/h3-5,7H,2H2,1H3,(H,12,13). The summed E-state index contributed by atoms with van der Waals surface area (Å²) >= 11 is 0. The average molecular weight is 183 g/mol. The van der Waals surface area contributed by atoms with Gasteiger partial charge in [0.2, 0.25) is 5.95 Å². The molecule has 1 heterocycles. The summed E-state index contributed by atoms with van der Waals surface area (Å²) in [6.07, 6.45) is 1.72. The summed E-state index contributed by atoms with van der Waals surface area (Å²) in [5.41, 5.74) is 0.461. The van der Waals surface area contributed by atoms with Gasteiger partial charge in [-0.25, -0.2) is 4.98 Å². The van der Waals surface area contributed by atoms with Crippen LogP contribution in [0.25, 0.3) is 0 Å². The van der Waals surface area contributed by atoms with E-state index in [1.165, 1.54) is 12.3 Å². The predicted molar refractivity (Wildman–Crippen MR) is 44.9 cm³/mol. The highest BCUT2D eigenvalue weighted by Crippen LogP contribution is 2.19. The van der Waals surface area contributed by atoms with E-state index < -0.39 is 17.8 Å². The minimum Gasteiger partial charge on any atom is -0.481 e. The van der Waals surface area contributed by atoms with E-state index >= 15 is 0 Å². The molecule has 0 aliphatic rings. The zero-order chi connectivity index (χ0) is 9.84. The molecule has 4 heteroatoms. The number of nitrogens with zero attached hydrogens (tertiary/aromatic N) is 1. The molecule has 13 heavy (non-hydrogen) atoms. The second-order valence-corrected chi connectivity index (χ2v) is 2.71. The first-order valence-corrected chi connectivity index (χ1v) is 3.99. The maximum absolute atomic E-state index is 12.6. The SMILES string of the molecule is CCC(C(=O)O)c1ccnc(F)c1. The zero-order valence-electron chi connectivity index (χ0n) is 7.20. The Hall–Kier alpha value is -1.45. The Bertz CT molecular complexity index is 314. The van der Waals surface area contributed by atoms with Gasteiger partial charge in [0.1, 0.15) is 0 Å². The van der Waals surface area contributed by atoms with Gasteiger partial charge in [0.15, 0.2) is 0 Å². The van der Waals surface area contributed by atoms with Crippen molar-refractivity contribution < 1.29 is 14.3 Å². The molecule has 1 atom stereocenters. The summed E-state index contributed by atoms with van der Waals surface area (Å²) in [7, 11) is 0. The second kappa shape index (κ2) is 3.98. The lowest BCUT2D eigenvalue weighted by Crippen LogP contribution is -2.10. The number of aliphatic carboxylic acids is 1. The lowest BCUT2D eigenvalue weighted by molar-refractivity contribution is -0.138. The van der Waals surface area contributed by atoms with Gasteiger partial charge in [-0.3, -0.25) is 4.79 Å². The fourth-order valence-electron chi connectivity index (χ4n) is 1.19. The highest BCUT2D eigenvalue weighted by Gasteiger charge is 2.17. The summed E-state index contributed by atoms with van der Waals surface area (Å²) in [6.45, 7) is 1.75. The van der Waals surface area contributed by atoms with Gasteiger partial charge in [-0.2, -0.15) is 4.39 Å². The van der Waals surface area contributed by atoms with Crippen LogP contribution in [0.2, 0.25) is 0 Å². The van der Waals surface area contributed by atoms with Crippen molar-refractivity contribution in [2.75, 3.05) is 0 Å². The molecule has 1 aromatic rings. The van der Waals surface area contributed by atoms with Crippen LogP contribution in [-0.2, 0) is 4.79 Å². The van der Waals surface area contributed by atoms with E-state index in [4.69, 9.17) is 5.11 Å². The molecule has 1 rings (SSSR count). The van der Waals surface area contributed by atoms with Gasteiger partial charge in [-0.05, 0) is 24.1 Å². The predicted octanol–water partition coefficient (Wildman–Crippen LogP) is 1.80. The summed E-state index contributed by atoms with van der Waals surface area (Å²) in [5, 5.41) is 8.77. The van der Waals surface area contributed by atoms with Crippen LogP contribution in [0.3, 0.4) is 0 Å². The Morgan fingerprint density at radius 3 is 2.92 bits per heavy atom. The Morgan fingerprint density at radius 2 is 2.46 bits per heavy atom. The minimum absolute atomic E-state index is 0.443. The Balaban J connectivity index is 2.98. The van der Waals surface area contributed by atoms with E-state index in [1.807, 2.05) is 0 Å². The lowest BCUT2D eigenvalue weighted by Gasteiger charge is -2.08. The number of carboxylic acid groups (broad SMARTS) is 1. The first-order chi connectivity index (χ1) is 6.15. The molecule has 0 fully saturated rings. The molecular weight excluding hydrogens is 173 g/mol. The largest absolute Gasteiger partial charge is 0.481 e. The number of carbonyl (C=O) groups is 1. The molecule has 0 aliphatic heterocycles. The summed E-state index contributed by atoms with van der Waals surface area (Å²) in [4.78, 5) is 14.1. The van der Waals surface area contributed by atoms with Crippen LogP contribution in [0.4, 0.5) is 4.39 Å². The molecule has 0 saturated carbocycles. The molecule has 0 spiro atoms. The van der Waals surface area contributed by atoms with Gasteiger partial charge in [-0.1, -0.05) is 6.92 Å². The van der Waals surface area contributed by atoms with Crippen molar-refractivity contribution in [2.24, 2.45) is 0 Å². The quantitative estimate of drug-likeness (QED) is 0.727. The van der Waals surface area contributed by atoms with Gasteiger partial charge in [-0.15, -0.1) is 0 Å². The number of hydrogen-bond donors (Lipinski definition) is 1. The van der Waals surface area contributed by atoms with Crippen LogP contribution in [0.1, 0.15) is 24.8 Å². The lowest BCUT2D eigenvalue weighted by atomic mass is 9.98. The van der Waals surface area contributed by atoms with Crippen molar-refractivity contribution in [1.29, 1.82) is 0 Å². The first-order valence-electron chi connectivity index (χ1n) is 3.99. The Kier molecular flexibility index (Phi) is 2.95. The fraction of sp³-hybridized carbons (Fsp3) is 0.333. The van der Waals surface area contributed by atoms with Crippen LogP contribution in [0.5, 0.6) is 0 Å². The maximum Gasteiger partial charge on any atom is 0.310 e. The van der Waals surface area contributed by atoms with E-state index in [2.05, 4.69) is 4.98 Å². The van der Waals surface area contributed by atoms with Gasteiger partial charge in [0, 0.05) is 6.20 Å². The molecular formula is C9H10FNO2. The van der Waals surface area contributed by atoms with E-state index in [-0.39, 0.29) is 0 Å². The van der Waals surface area contributed by atoms with E-state index in [0.717, 1.165) is 6.07 Å². The van der Waals surface area contributed by atoms with Crippen molar-refractivity contribution in [1.82, 2.24) is 4.98 Å². The van der Waals surface area contributed by atoms with Crippen LogP contribution in [-0.4, -0.2) is 16.1 Å². The minimum atomic E-state index is -0.937. The Labute approximate surface area is 75.2 Å². The number of rotatable bonds is 3. The summed E-state index contributed by atoms with van der Waals surface area (Å²) in [5.74, 6) is -2.22. The van der Waals surface area contributed by atoms with E-state index in [1.54, 1.807) is 6.92 Å². The van der Waals surface area contributed by atoms with Gasteiger partial charge < -0.3 is 5.11 Å². The summed E-state index contributed by atoms with van der Waals surface area (Å²) < 4.78 is 12.6. The van der Waals surface area contributed by atoms with Crippen molar-refractivity contribution in [3.63, 3.8) is 0 Å². The number of hydrogen-bond acceptors (Lipinski definition) is 2. The molecule has 0 bridgehead atoms. The topological polar surface area (TPSA) is 50.2 Å². The third kappa shape index (κ3) is 2.24. The van der Waals surface area contributed by atoms with E-state index in [0.29, 0.717) is 12.0 Å². The number of pyridine rings is 1. The van der Waals surface area contributed by atoms with Crippen LogP contribution >= 0.6 is 0 Å². The molecule has 1 N–H and O–H groups in total. The van der Waals surface area contributed by atoms with Crippen molar-refractivity contribution >= 4 is 5.97 Å². The molecule has 0 aromatic carbocycles. The number of carboxylic acids is 1. The first kappa shape index (κ1) is 9.64. The van der Waals surface area contributed by atoms with Crippen LogP contribution < -0.4 is 0 Å². The third-order valence-corrected chi connectivity index (χ3v) is 1.86. The van der Waals surface area contributed by atoms with Gasteiger partial charge in [0.25, 0.3) is 0 Å². The maximum atomic E-state index is 12.6. The van der Waals surface area contributed by atoms with Gasteiger partial charge in [0.05, 0.1) is 5.92 Å². The molecule has 0 amide bonds. The number of aromatic nitrogens is 1. The smallest absolute Gasteiger partial charge is 0.310 e. The molecule has 0 radical (unpaired) electrons. The van der Waals surface area contributed by atoms with Gasteiger partial charge >= 0.3 is 5.97 Å². The molecule has 3 nitrogen and oxygen atoms in total. The highest BCUT2D eigenvalue weighted by atomic mass is 19.1. The van der Waals surface area contributed by atoms with E-state index in [9.17, 15) is 9.18 Å². The van der Waals surface area contributed by atoms with Crippen molar-refractivity contribution in [3.05, 3.63) is 29.8 Å². The molecule has 0 saturated heterocycles. The normalized spacial score (nSPS) is 12.5. The molecule has 1 aromatic heterocycles. The van der Waals surface area contributed by atoms with Crippen LogP contribution in [0, 0.1) is 5.95 Å². The molecule has 70 valence electrons. The second-order valence-electron chi connectivity index (χ2n) is 2.71. The molecule has 0 aliphatic carbocycles. The molecule has 1 unspecified atom stereocenters. The third-order valence-electron chi connectivity index (χ3n) is 1.86. The zero-order valence-corrected chi connectivity index (χ0v) is 7.20. The van der Waals surface area contributed by atoms with Crippen LogP contribution in [0.15, 0.2) is 18.3 Å². The monoisotopic (exact) mass is 183 g/mol. The number of halogens is 1. The fourth-order valence-corrected chi connectivity index (χ4v) is 1.19. The average Bonchev–Trinajstić information content (AvgIpc) is 2.04. The summed E-state index contributed by atoms with van der Waals surface area (Å²) in [6, 6.07) is 2.67. The van der Waals surface area contributed by atoms with Crippen molar-refractivity contribution in [2.45, 2.75) is 19.3 Å². The van der Waals surface area contributed by atoms with Crippen molar-refractivity contribution in [3.8, 4) is 0 Å². The Morgan fingerprint density at radius 1 is 1.77 bits per heavy atom. The highest BCUT2D eigenvalue weighted by molar-refractivity contribution is 5.75.